The molecule has 8 nitrogen and oxygen atoms in total. The first-order valence-electron chi connectivity index (χ1n) is 10.3. The number of carbonyl (C=O) groups is 1. The van der Waals surface area contributed by atoms with Gasteiger partial charge in [0.1, 0.15) is 22.1 Å². The zero-order valence-electron chi connectivity index (χ0n) is 18.3. The highest BCUT2D eigenvalue weighted by Gasteiger charge is 2.34. The number of benzene rings is 2. The number of rotatable bonds is 8. The Hall–Kier alpha value is -2.49. The second kappa shape index (κ2) is 10.4. The average molecular weight is 483 g/mol. The number of nitrogens with zero attached hydrogens (tertiary/aromatic N) is 1. The van der Waals surface area contributed by atoms with Crippen LogP contribution in [0.4, 0.5) is 5.69 Å². The number of ether oxygens (including phenoxy) is 3. The van der Waals surface area contributed by atoms with E-state index in [1.54, 1.807) is 44.4 Å². The van der Waals surface area contributed by atoms with Gasteiger partial charge in [0.05, 0.1) is 26.5 Å². The molecule has 174 valence electrons. The van der Waals surface area contributed by atoms with Gasteiger partial charge in [-0.1, -0.05) is 11.6 Å². The number of hydrogen-bond donors (Lipinski definition) is 1. The van der Waals surface area contributed by atoms with Gasteiger partial charge in [-0.2, -0.15) is 4.31 Å². The first-order chi connectivity index (χ1) is 15.3. The maximum atomic E-state index is 13.2. The molecular weight excluding hydrogens is 456 g/mol. The van der Waals surface area contributed by atoms with Crippen molar-refractivity contribution in [2.24, 2.45) is 5.92 Å². The van der Waals surface area contributed by atoms with Gasteiger partial charge in [-0.05, 0) is 50.1 Å². The summed E-state index contributed by atoms with van der Waals surface area (Å²) >= 11 is 6.04. The molecule has 0 unspecified atom stereocenters. The van der Waals surface area contributed by atoms with Crippen LogP contribution in [0.3, 0.4) is 0 Å². The molecule has 1 amide bonds. The Morgan fingerprint density at radius 2 is 1.81 bits per heavy atom. The van der Waals surface area contributed by atoms with Gasteiger partial charge < -0.3 is 19.5 Å². The Morgan fingerprint density at radius 1 is 1.09 bits per heavy atom. The fourth-order valence-corrected chi connectivity index (χ4v) is 5.46. The molecule has 32 heavy (non-hydrogen) atoms. The molecular formula is C22H27ClN2O6S. The quantitative estimate of drug-likeness (QED) is 0.615. The summed E-state index contributed by atoms with van der Waals surface area (Å²) in [5.41, 5.74) is 0.536. The molecule has 1 saturated heterocycles. The summed E-state index contributed by atoms with van der Waals surface area (Å²) < 4.78 is 43.8. The summed E-state index contributed by atoms with van der Waals surface area (Å²) in [6.45, 7) is 2.56. The van der Waals surface area contributed by atoms with Crippen LogP contribution < -0.4 is 19.5 Å². The van der Waals surface area contributed by atoms with E-state index in [0.29, 0.717) is 41.7 Å². The van der Waals surface area contributed by atoms with Gasteiger partial charge in [0.15, 0.2) is 0 Å². The van der Waals surface area contributed by atoms with Crippen molar-refractivity contribution in [1.29, 1.82) is 0 Å². The van der Waals surface area contributed by atoms with Crippen molar-refractivity contribution in [2.45, 2.75) is 24.7 Å². The van der Waals surface area contributed by atoms with Crippen molar-refractivity contribution in [3.63, 3.8) is 0 Å². The molecule has 1 fully saturated rings. The number of nitrogens with one attached hydrogen (secondary N) is 1. The standard InChI is InChI=1S/C22H27ClN2O6S/c1-4-31-19-8-5-16(23)13-21(19)32(27,28)25-11-9-15(10-12-25)22(26)24-18-7-6-17(29-2)14-20(18)30-3/h5-8,13-15H,4,9-12H2,1-3H3,(H,24,26). The Balaban J connectivity index is 1.69. The Morgan fingerprint density at radius 3 is 2.44 bits per heavy atom. The highest BCUT2D eigenvalue weighted by atomic mass is 35.5. The predicted molar refractivity (Wildman–Crippen MR) is 122 cm³/mol. The third-order valence-electron chi connectivity index (χ3n) is 5.31. The summed E-state index contributed by atoms with van der Waals surface area (Å²) in [7, 11) is -0.740. The van der Waals surface area contributed by atoms with Crippen molar-refractivity contribution >= 4 is 33.2 Å². The molecule has 0 aliphatic carbocycles. The van der Waals surface area contributed by atoms with Gasteiger partial charge in [0, 0.05) is 30.1 Å². The minimum Gasteiger partial charge on any atom is -0.497 e. The van der Waals surface area contributed by atoms with E-state index in [1.807, 2.05) is 0 Å². The van der Waals surface area contributed by atoms with Crippen molar-refractivity contribution in [3.8, 4) is 17.2 Å². The lowest BCUT2D eigenvalue weighted by Gasteiger charge is -2.31. The number of hydrogen-bond acceptors (Lipinski definition) is 6. The van der Waals surface area contributed by atoms with Crippen molar-refractivity contribution < 1.29 is 27.4 Å². The van der Waals surface area contributed by atoms with E-state index in [9.17, 15) is 13.2 Å². The van der Waals surface area contributed by atoms with Gasteiger partial charge in [-0.3, -0.25) is 4.79 Å². The third kappa shape index (κ3) is 5.28. The maximum Gasteiger partial charge on any atom is 0.246 e. The fourth-order valence-electron chi connectivity index (χ4n) is 3.59. The number of anilines is 1. The van der Waals surface area contributed by atoms with Crippen LogP contribution in [-0.2, 0) is 14.8 Å². The molecule has 0 spiro atoms. The molecule has 0 radical (unpaired) electrons. The Kier molecular flexibility index (Phi) is 7.86. The van der Waals surface area contributed by atoms with Gasteiger partial charge in [-0.25, -0.2) is 8.42 Å². The molecule has 2 aromatic rings. The highest BCUT2D eigenvalue weighted by Crippen LogP contribution is 2.33. The molecule has 0 saturated carbocycles. The highest BCUT2D eigenvalue weighted by molar-refractivity contribution is 7.89. The van der Waals surface area contributed by atoms with E-state index in [2.05, 4.69) is 5.32 Å². The zero-order chi connectivity index (χ0) is 23.3. The van der Waals surface area contributed by atoms with Crippen molar-refractivity contribution in [1.82, 2.24) is 4.31 Å². The van der Waals surface area contributed by atoms with E-state index in [0.717, 1.165) is 0 Å². The minimum atomic E-state index is -3.81. The third-order valence-corrected chi connectivity index (χ3v) is 7.47. The fraction of sp³-hybridized carbons (Fsp3) is 0.409. The monoisotopic (exact) mass is 482 g/mol. The minimum absolute atomic E-state index is 0.0396. The van der Waals surface area contributed by atoms with E-state index < -0.39 is 10.0 Å². The first kappa shape index (κ1) is 24.2. The summed E-state index contributed by atoms with van der Waals surface area (Å²) in [6.07, 6.45) is 0.794. The zero-order valence-corrected chi connectivity index (χ0v) is 19.8. The lowest BCUT2D eigenvalue weighted by Crippen LogP contribution is -2.41. The lowest BCUT2D eigenvalue weighted by molar-refractivity contribution is -0.120. The van der Waals surface area contributed by atoms with Crippen LogP contribution in [0.2, 0.25) is 5.02 Å². The van der Waals surface area contributed by atoms with E-state index in [-0.39, 0.29) is 35.6 Å². The van der Waals surface area contributed by atoms with Gasteiger partial charge in [-0.15, -0.1) is 0 Å². The number of sulfonamides is 1. The summed E-state index contributed by atoms with van der Waals surface area (Å²) in [6, 6.07) is 9.68. The van der Waals surface area contributed by atoms with Crippen LogP contribution >= 0.6 is 11.6 Å². The number of carbonyl (C=O) groups excluding carboxylic acids is 1. The van der Waals surface area contributed by atoms with Crippen LogP contribution in [0.1, 0.15) is 19.8 Å². The molecule has 1 N–H and O–H groups in total. The second-order valence-electron chi connectivity index (χ2n) is 7.26. The van der Waals surface area contributed by atoms with Gasteiger partial charge >= 0.3 is 0 Å². The number of piperidine rings is 1. The molecule has 0 atom stereocenters. The van der Waals surface area contributed by atoms with Gasteiger partial charge in [0.2, 0.25) is 15.9 Å². The van der Waals surface area contributed by atoms with Crippen LogP contribution in [0.15, 0.2) is 41.3 Å². The van der Waals surface area contributed by atoms with Crippen molar-refractivity contribution in [2.75, 3.05) is 39.2 Å². The molecule has 10 heteroatoms. The predicted octanol–water partition coefficient (Wildman–Crippen LogP) is 3.80. The molecule has 1 aliphatic rings. The normalized spacial score (nSPS) is 15.2. The maximum absolute atomic E-state index is 13.2. The summed E-state index contributed by atoms with van der Waals surface area (Å²) in [5.74, 6) is 0.874. The summed E-state index contributed by atoms with van der Waals surface area (Å²) in [5, 5.41) is 3.19. The van der Waals surface area contributed by atoms with Crippen LogP contribution in [0.25, 0.3) is 0 Å². The molecule has 0 aromatic heterocycles. The largest absolute Gasteiger partial charge is 0.497 e. The van der Waals surface area contributed by atoms with Crippen LogP contribution in [0, 0.1) is 5.92 Å². The Bertz CT molecular complexity index is 1070. The average Bonchev–Trinajstić information content (AvgIpc) is 2.80. The van der Waals surface area contributed by atoms with E-state index in [4.69, 9.17) is 25.8 Å². The van der Waals surface area contributed by atoms with E-state index in [1.165, 1.54) is 17.5 Å². The van der Waals surface area contributed by atoms with Crippen molar-refractivity contribution in [3.05, 3.63) is 41.4 Å². The number of amides is 1. The SMILES string of the molecule is CCOc1ccc(Cl)cc1S(=O)(=O)N1CCC(C(=O)Nc2ccc(OC)cc2OC)CC1. The molecule has 2 aromatic carbocycles. The molecule has 3 rings (SSSR count). The smallest absolute Gasteiger partial charge is 0.246 e. The molecule has 0 bridgehead atoms. The topological polar surface area (TPSA) is 94.2 Å². The number of halogens is 1. The summed E-state index contributed by atoms with van der Waals surface area (Å²) in [4.78, 5) is 12.8. The Labute approximate surface area is 193 Å². The lowest BCUT2D eigenvalue weighted by atomic mass is 9.97. The number of methoxy groups -OCH3 is 2. The molecule has 1 aliphatic heterocycles. The second-order valence-corrected chi connectivity index (χ2v) is 9.60. The first-order valence-corrected chi connectivity index (χ1v) is 12.1. The van der Waals surface area contributed by atoms with Crippen LogP contribution in [-0.4, -0.2) is 52.5 Å². The van der Waals surface area contributed by atoms with E-state index >= 15 is 0 Å². The van der Waals surface area contributed by atoms with Gasteiger partial charge in [0.25, 0.3) is 0 Å². The molecule has 1 heterocycles. The van der Waals surface area contributed by atoms with Crippen LogP contribution in [0.5, 0.6) is 17.2 Å².